The lowest BCUT2D eigenvalue weighted by molar-refractivity contribution is -0.119. The van der Waals surface area contributed by atoms with Gasteiger partial charge in [0.15, 0.2) is 0 Å². The number of benzene rings is 2. The van der Waals surface area contributed by atoms with Gasteiger partial charge in [-0.3, -0.25) is 9.10 Å². The number of sulfonamides is 1. The van der Waals surface area contributed by atoms with Gasteiger partial charge in [0, 0.05) is 6.54 Å². The van der Waals surface area contributed by atoms with Gasteiger partial charge in [0.1, 0.15) is 6.54 Å². The molecule has 2 aromatic carbocycles. The molecule has 154 valence electrons. The van der Waals surface area contributed by atoms with E-state index in [1.54, 1.807) is 36.4 Å². The van der Waals surface area contributed by atoms with Crippen molar-refractivity contribution in [3.63, 3.8) is 0 Å². The number of hydrogen-bond donors (Lipinski definition) is 1. The van der Waals surface area contributed by atoms with Crippen LogP contribution in [0.2, 0.25) is 0 Å². The van der Waals surface area contributed by atoms with Crippen molar-refractivity contribution in [3.8, 4) is 0 Å². The second-order valence-electron chi connectivity index (χ2n) is 7.48. The summed E-state index contributed by atoms with van der Waals surface area (Å²) in [7, 11) is -3.86. The number of rotatable bonds is 7. The third kappa shape index (κ3) is 5.26. The van der Waals surface area contributed by atoms with Crippen molar-refractivity contribution in [3.05, 3.63) is 71.3 Å². The first-order chi connectivity index (χ1) is 13.9. The fraction of sp³-hybridized carbons (Fsp3) is 0.348. The third-order valence-electron chi connectivity index (χ3n) is 5.29. The summed E-state index contributed by atoms with van der Waals surface area (Å²) in [6, 6.07) is 13.7. The number of carbonyl (C=O) groups is 1. The predicted molar refractivity (Wildman–Crippen MR) is 116 cm³/mol. The molecule has 6 heteroatoms. The van der Waals surface area contributed by atoms with Gasteiger partial charge in [-0.15, -0.1) is 0 Å². The van der Waals surface area contributed by atoms with Crippen LogP contribution in [-0.4, -0.2) is 27.4 Å². The molecule has 2 aromatic rings. The minimum absolute atomic E-state index is 0.168. The number of carbonyl (C=O) groups excluding carboxylic acids is 1. The average Bonchev–Trinajstić information content (AvgIpc) is 2.74. The van der Waals surface area contributed by atoms with Crippen molar-refractivity contribution in [2.75, 3.05) is 17.4 Å². The molecule has 0 radical (unpaired) electrons. The van der Waals surface area contributed by atoms with Crippen LogP contribution in [0.25, 0.3) is 0 Å². The average molecular weight is 413 g/mol. The van der Waals surface area contributed by atoms with Crippen LogP contribution < -0.4 is 9.62 Å². The molecule has 0 atom stereocenters. The molecule has 1 N–H and O–H groups in total. The van der Waals surface area contributed by atoms with Crippen molar-refractivity contribution < 1.29 is 13.2 Å². The predicted octanol–water partition coefficient (Wildman–Crippen LogP) is 4.12. The molecule has 1 amide bonds. The van der Waals surface area contributed by atoms with Gasteiger partial charge in [-0.1, -0.05) is 35.9 Å². The molecule has 1 aliphatic rings. The second-order valence-corrected chi connectivity index (χ2v) is 9.34. The Kier molecular flexibility index (Phi) is 6.75. The molecule has 0 spiro atoms. The highest BCUT2D eigenvalue weighted by molar-refractivity contribution is 7.92. The summed E-state index contributed by atoms with van der Waals surface area (Å²) in [6.45, 7) is 4.12. The summed E-state index contributed by atoms with van der Waals surface area (Å²) in [6.07, 6.45) is 6.53. The Hall–Kier alpha value is -2.60. The summed E-state index contributed by atoms with van der Waals surface area (Å²) >= 11 is 0. The Bertz CT molecular complexity index is 998. The molecule has 0 saturated heterocycles. The van der Waals surface area contributed by atoms with Crippen molar-refractivity contribution in [2.45, 2.75) is 44.4 Å². The van der Waals surface area contributed by atoms with Crippen LogP contribution >= 0.6 is 0 Å². The van der Waals surface area contributed by atoms with Crippen molar-refractivity contribution in [2.24, 2.45) is 0 Å². The van der Waals surface area contributed by atoms with Gasteiger partial charge in [-0.25, -0.2) is 8.42 Å². The van der Waals surface area contributed by atoms with Gasteiger partial charge in [-0.05, 0) is 74.9 Å². The third-order valence-corrected chi connectivity index (χ3v) is 7.08. The van der Waals surface area contributed by atoms with Crippen LogP contribution in [0.1, 0.15) is 36.8 Å². The maximum absolute atomic E-state index is 13.3. The quantitative estimate of drug-likeness (QED) is 0.696. The molecule has 0 fully saturated rings. The largest absolute Gasteiger partial charge is 0.351 e. The molecular weight excluding hydrogens is 384 g/mol. The Morgan fingerprint density at radius 1 is 1.03 bits per heavy atom. The molecular formula is C23H28N2O3S. The van der Waals surface area contributed by atoms with Gasteiger partial charge in [-0.2, -0.15) is 0 Å². The van der Waals surface area contributed by atoms with Gasteiger partial charge >= 0.3 is 0 Å². The second kappa shape index (κ2) is 9.27. The SMILES string of the molecule is Cc1ccc(N(CC(=O)NCC2=CCCCC2)S(=O)(=O)c2ccccc2)cc1C. The van der Waals surface area contributed by atoms with E-state index in [4.69, 9.17) is 0 Å². The zero-order valence-corrected chi connectivity index (χ0v) is 17.8. The van der Waals surface area contributed by atoms with E-state index in [9.17, 15) is 13.2 Å². The van der Waals surface area contributed by atoms with Gasteiger partial charge in [0.25, 0.3) is 10.0 Å². The molecule has 0 bridgehead atoms. The number of nitrogens with zero attached hydrogens (tertiary/aromatic N) is 1. The van der Waals surface area contributed by atoms with Crippen LogP contribution in [0.3, 0.4) is 0 Å². The van der Waals surface area contributed by atoms with E-state index in [0.29, 0.717) is 12.2 Å². The van der Waals surface area contributed by atoms with Crippen molar-refractivity contribution in [1.29, 1.82) is 0 Å². The topological polar surface area (TPSA) is 66.5 Å². The van der Waals surface area contributed by atoms with Crippen LogP contribution in [0.4, 0.5) is 5.69 Å². The summed E-state index contributed by atoms with van der Waals surface area (Å²) < 4.78 is 27.8. The lowest BCUT2D eigenvalue weighted by atomic mass is 10.00. The molecule has 0 heterocycles. The Morgan fingerprint density at radius 2 is 1.79 bits per heavy atom. The molecule has 0 aromatic heterocycles. The number of allylic oxidation sites excluding steroid dienone is 1. The standard InChI is InChI=1S/C23H28N2O3S/c1-18-13-14-21(15-19(18)2)25(29(27,28)22-11-7-4-8-12-22)17-23(26)24-16-20-9-5-3-6-10-20/h4,7-9,11-15H,3,5-6,10,16-17H2,1-2H3,(H,24,26). The van der Waals surface area contributed by atoms with Gasteiger partial charge in [0.05, 0.1) is 10.6 Å². The number of nitrogens with one attached hydrogen (secondary N) is 1. The van der Waals surface area contributed by atoms with Gasteiger partial charge in [0.2, 0.25) is 5.91 Å². The summed E-state index contributed by atoms with van der Waals surface area (Å²) in [5.41, 5.74) is 3.75. The molecule has 0 unspecified atom stereocenters. The zero-order chi connectivity index (χ0) is 20.9. The van der Waals surface area contributed by atoms with E-state index in [-0.39, 0.29) is 17.3 Å². The first-order valence-corrected chi connectivity index (χ1v) is 11.4. The first kappa shape index (κ1) is 21.1. The summed E-state index contributed by atoms with van der Waals surface area (Å²) in [4.78, 5) is 12.8. The van der Waals surface area contributed by atoms with E-state index in [2.05, 4.69) is 11.4 Å². The molecule has 0 saturated carbocycles. The summed E-state index contributed by atoms with van der Waals surface area (Å²) in [5.74, 6) is -0.311. The van der Waals surface area contributed by atoms with Crippen molar-refractivity contribution >= 4 is 21.6 Å². The number of anilines is 1. The maximum Gasteiger partial charge on any atom is 0.264 e. The van der Waals surface area contributed by atoms with E-state index >= 15 is 0 Å². The van der Waals surface area contributed by atoms with Crippen LogP contribution in [-0.2, 0) is 14.8 Å². The Morgan fingerprint density at radius 3 is 2.45 bits per heavy atom. The smallest absolute Gasteiger partial charge is 0.264 e. The van der Waals surface area contributed by atoms with E-state index < -0.39 is 10.0 Å². The summed E-state index contributed by atoms with van der Waals surface area (Å²) in [5, 5.41) is 2.89. The molecule has 29 heavy (non-hydrogen) atoms. The minimum Gasteiger partial charge on any atom is -0.351 e. The highest BCUT2D eigenvalue weighted by atomic mass is 32.2. The molecule has 0 aliphatic heterocycles. The zero-order valence-electron chi connectivity index (χ0n) is 17.0. The fourth-order valence-electron chi connectivity index (χ4n) is 3.38. The normalized spacial score (nSPS) is 14.2. The Balaban J connectivity index is 1.85. The highest BCUT2D eigenvalue weighted by Gasteiger charge is 2.27. The van der Waals surface area contributed by atoms with Crippen LogP contribution in [0.5, 0.6) is 0 Å². The van der Waals surface area contributed by atoms with Gasteiger partial charge < -0.3 is 5.32 Å². The van der Waals surface area contributed by atoms with Crippen LogP contribution in [0, 0.1) is 13.8 Å². The van der Waals surface area contributed by atoms with Crippen LogP contribution in [0.15, 0.2) is 65.1 Å². The fourth-order valence-corrected chi connectivity index (χ4v) is 4.81. The first-order valence-electron chi connectivity index (χ1n) is 9.97. The highest BCUT2D eigenvalue weighted by Crippen LogP contribution is 2.25. The number of aryl methyl sites for hydroxylation is 2. The van der Waals surface area contributed by atoms with E-state index in [1.165, 1.54) is 16.3 Å². The lowest BCUT2D eigenvalue weighted by Gasteiger charge is -2.25. The number of hydrogen-bond acceptors (Lipinski definition) is 3. The lowest BCUT2D eigenvalue weighted by Crippen LogP contribution is -2.41. The maximum atomic E-state index is 13.3. The molecule has 5 nitrogen and oxygen atoms in total. The molecule has 1 aliphatic carbocycles. The monoisotopic (exact) mass is 412 g/mol. The molecule has 3 rings (SSSR count). The van der Waals surface area contributed by atoms with E-state index in [0.717, 1.165) is 30.4 Å². The Labute approximate surface area is 173 Å². The van der Waals surface area contributed by atoms with Crippen molar-refractivity contribution in [1.82, 2.24) is 5.32 Å². The minimum atomic E-state index is -3.86. The van der Waals surface area contributed by atoms with E-state index in [1.807, 2.05) is 26.0 Å². The number of amides is 1.